The van der Waals surface area contributed by atoms with Crippen molar-refractivity contribution in [3.05, 3.63) is 76.7 Å². The number of amides is 1. The summed E-state index contributed by atoms with van der Waals surface area (Å²) in [6.07, 6.45) is 7.47. The minimum absolute atomic E-state index is 0.0246. The molecule has 3 aromatic rings. The van der Waals surface area contributed by atoms with E-state index in [2.05, 4.69) is 28.1 Å². The average Bonchev–Trinajstić information content (AvgIpc) is 3.52. The van der Waals surface area contributed by atoms with Crippen LogP contribution in [0, 0.1) is 0 Å². The summed E-state index contributed by atoms with van der Waals surface area (Å²) in [6, 6.07) is 14.2. The Morgan fingerprint density at radius 1 is 1.16 bits per heavy atom. The second-order valence-corrected chi connectivity index (χ2v) is 12.4. The Morgan fingerprint density at radius 2 is 2.00 bits per heavy atom. The molecule has 2 atom stereocenters. The molecule has 37 heavy (non-hydrogen) atoms. The van der Waals surface area contributed by atoms with Crippen LogP contribution in [0.3, 0.4) is 0 Å². The number of carbonyl (C=O) groups is 1. The van der Waals surface area contributed by atoms with Crippen LogP contribution in [0.25, 0.3) is 0 Å². The van der Waals surface area contributed by atoms with E-state index >= 15 is 0 Å². The number of carbonyl (C=O) groups excluding carboxylic acids is 1. The second kappa shape index (κ2) is 10.9. The number of sulfone groups is 1. The van der Waals surface area contributed by atoms with Crippen molar-refractivity contribution < 1.29 is 17.9 Å². The number of ether oxygens (including phenoxy) is 1. The number of halogens is 1. The molecule has 7 nitrogen and oxygen atoms in total. The van der Waals surface area contributed by atoms with E-state index in [1.54, 1.807) is 11.6 Å². The first-order valence-corrected chi connectivity index (χ1v) is 14.8. The predicted molar refractivity (Wildman–Crippen MR) is 143 cm³/mol. The first-order chi connectivity index (χ1) is 17.8. The molecule has 1 amide bonds. The maximum Gasteiger partial charge on any atom is 0.222 e. The van der Waals surface area contributed by atoms with E-state index in [-0.39, 0.29) is 35.3 Å². The van der Waals surface area contributed by atoms with Crippen LogP contribution in [0.4, 0.5) is 0 Å². The van der Waals surface area contributed by atoms with Crippen LogP contribution in [-0.4, -0.2) is 53.7 Å². The Bertz CT molecular complexity index is 1390. The number of imidazole rings is 1. The van der Waals surface area contributed by atoms with Crippen LogP contribution in [-0.2, 0) is 34.5 Å². The highest BCUT2D eigenvalue weighted by molar-refractivity contribution is 7.91. The Labute approximate surface area is 223 Å². The zero-order chi connectivity index (χ0) is 26.0. The maximum absolute atomic E-state index is 12.7. The van der Waals surface area contributed by atoms with Gasteiger partial charge < -0.3 is 14.2 Å². The standard InChI is InChI=1S/C28H32ClN3O4S/c1-31-18-27(30-19-31)37(34,35)15-5-14-36-22-11-9-20-10-12-26(32-13-4-8-28(32)33)24(23(20)17-22)16-21-6-2-3-7-25(21)29/h2-3,6-7,9,11,17-19,24,26H,4-5,8,10,12-16H2,1H3. The molecule has 1 aromatic heterocycles. The number of hydrogen-bond acceptors (Lipinski definition) is 5. The number of aryl methyl sites for hydroxylation is 2. The van der Waals surface area contributed by atoms with Crippen LogP contribution in [0.15, 0.2) is 60.0 Å². The first kappa shape index (κ1) is 25.8. The first-order valence-electron chi connectivity index (χ1n) is 12.8. The third-order valence-electron chi connectivity index (χ3n) is 7.42. The Kier molecular flexibility index (Phi) is 7.58. The summed E-state index contributed by atoms with van der Waals surface area (Å²) in [5.74, 6) is 1.04. The number of fused-ring (bicyclic) bond motifs is 1. The molecular formula is C28H32ClN3O4S. The second-order valence-electron chi connectivity index (χ2n) is 9.96. The molecule has 5 rings (SSSR count). The lowest BCUT2D eigenvalue weighted by molar-refractivity contribution is -0.130. The van der Waals surface area contributed by atoms with Crippen molar-refractivity contribution in [2.45, 2.75) is 55.5 Å². The quantitative estimate of drug-likeness (QED) is 0.370. The lowest BCUT2D eigenvalue weighted by Crippen LogP contribution is -2.43. The van der Waals surface area contributed by atoms with Gasteiger partial charge in [-0.15, -0.1) is 0 Å². The molecule has 0 radical (unpaired) electrons. The Balaban J connectivity index is 1.33. The number of hydrogen-bond donors (Lipinski definition) is 0. The van der Waals surface area contributed by atoms with Crippen molar-refractivity contribution in [3.63, 3.8) is 0 Å². The molecule has 1 saturated heterocycles. The van der Waals surface area contributed by atoms with Crippen LogP contribution in [0.2, 0.25) is 5.02 Å². The van der Waals surface area contributed by atoms with Gasteiger partial charge in [-0.1, -0.05) is 35.9 Å². The number of aromatic nitrogens is 2. The molecule has 0 spiro atoms. The highest BCUT2D eigenvalue weighted by Gasteiger charge is 2.38. The summed E-state index contributed by atoms with van der Waals surface area (Å²) in [4.78, 5) is 18.7. The van der Waals surface area contributed by atoms with Crippen molar-refractivity contribution in [3.8, 4) is 5.75 Å². The Hall–Kier alpha value is -2.84. The Morgan fingerprint density at radius 3 is 2.73 bits per heavy atom. The highest BCUT2D eigenvalue weighted by atomic mass is 35.5. The summed E-state index contributed by atoms with van der Waals surface area (Å²) < 4.78 is 32.7. The van der Waals surface area contributed by atoms with Gasteiger partial charge in [-0.3, -0.25) is 4.79 Å². The molecule has 9 heteroatoms. The maximum atomic E-state index is 12.7. The van der Waals surface area contributed by atoms with Gasteiger partial charge in [0.2, 0.25) is 5.91 Å². The van der Waals surface area contributed by atoms with Crippen molar-refractivity contribution in [1.82, 2.24) is 14.5 Å². The van der Waals surface area contributed by atoms with Gasteiger partial charge in [0.15, 0.2) is 14.9 Å². The number of benzene rings is 2. The van der Waals surface area contributed by atoms with Crippen molar-refractivity contribution in [2.24, 2.45) is 7.05 Å². The van der Waals surface area contributed by atoms with E-state index in [1.165, 1.54) is 23.7 Å². The minimum atomic E-state index is -3.44. The summed E-state index contributed by atoms with van der Waals surface area (Å²) in [6.45, 7) is 1.09. The lowest BCUT2D eigenvalue weighted by Gasteiger charge is -2.39. The average molecular weight is 542 g/mol. The van der Waals surface area contributed by atoms with Gasteiger partial charge >= 0.3 is 0 Å². The summed E-state index contributed by atoms with van der Waals surface area (Å²) >= 11 is 6.54. The van der Waals surface area contributed by atoms with Crippen LogP contribution in [0.1, 0.15) is 48.3 Å². The lowest BCUT2D eigenvalue weighted by atomic mass is 9.75. The van der Waals surface area contributed by atoms with Gasteiger partial charge in [0.05, 0.1) is 18.7 Å². The third-order valence-corrected chi connectivity index (χ3v) is 9.47. The predicted octanol–water partition coefficient (Wildman–Crippen LogP) is 4.58. The SMILES string of the molecule is Cn1cnc(S(=O)(=O)CCCOc2ccc3c(c2)C(Cc2ccccc2Cl)C(N2CCCC2=O)CC3)c1. The fourth-order valence-corrected chi connectivity index (χ4v) is 7.03. The van der Waals surface area contributed by atoms with Gasteiger partial charge in [-0.05, 0) is 67.0 Å². The van der Waals surface area contributed by atoms with Gasteiger partial charge in [-0.2, -0.15) is 0 Å². The molecule has 2 unspecified atom stereocenters. The zero-order valence-corrected chi connectivity index (χ0v) is 22.5. The minimum Gasteiger partial charge on any atom is -0.494 e. The topological polar surface area (TPSA) is 81.5 Å². The smallest absolute Gasteiger partial charge is 0.222 e. The van der Waals surface area contributed by atoms with Crippen LogP contribution in [0.5, 0.6) is 5.75 Å². The molecule has 0 saturated carbocycles. The summed E-state index contributed by atoms with van der Waals surface area (Å²) in [5.41, 5.74) is 3.53. The molecule has 0 N–H and O–H groups in total. The van der Waals surface area contributed by atoms with Crippen molar-refractivity contribution >= 4 is 27.3 Å². The third kappa shape index (κ3) is 5.70. The summed E-state index contributed by atoms with van der Waals surface area (Å²) in [5, 5.41) is 0.830. The fourth-order valence-electron chi connectivity index (χ4n) is 5.58. The number of likely N-dealkylation sites (tertiary alicyclic amines) is 1. The molecule has 2 heterocycles. The van der Waals surface area contributed by atoms with Crippen LogP contribution < -0.4 is 4.74 Å². The molecule has 196 valence electrons. The van der Waals surface area contributed by atoms with E-state index in [9.17, 15) is 13.2 Å². The van der Waals surface area contributed by atoms with E-state index in [0.29, 0.717) is 18.6 Å². The molecule has 1 fully saturated rings. The summed E-state index contributed by atoms with van der Waals surface area (Å²) in [7, 11) is -1.70. The molecule has 2 aromatic carbocycles. The molecule has 1 aliphatic carbocycles. The van der Waals surface area contributed by atoms with Gasteiger partial charge in [0.1, 0.15) is 5.75 Å². The molecule has 1 aliphatic heterocycles. The number of nitrogens with zero attached hydrogens (tertiary/aromatic N) is 3. The van der Waals surface area contributed by atoms with Crippen LogP contribution >= 0.6 is 11.6 Å². The normalized spacial score (nSPS) is 19.7. The highest BCUT2D eigenvalue weighted by Crippen LogP contribution is 2.41. The van der Waals surface area contributed by atoms with E-state index in [0.717, 1.165) is 42.8 Å². The van der Waals surface area contributed by atoms with Crippen molar-refractivity contribution in [1.29, 1.82) is 0 Å². The molecule has 0 bridgehead atoms. The van der Waals surface area contributed by atoms with Crippen molar-refractivity contribution in [2.75, 3.05) is 18.9 Å². The zero-order valence-electron chi connectivity index (χ0n) is 21.0. The van der Waals surface area contributed by atoms with E-state index in [1.807, 2.05) is 24.3 Å². The van der Waals surface area contributed by atoms with Gasteiger partial charge in [-0.25, -0.2) is 13.4 Å². The fraction of sp³-hybridized carbons (Fsp3) is 0.429. The van der Waals surface area contributed by atoms with Gasteiger partial charge in [0.25, 0.3) is 0 Å². The largest absolute Gasteiger partial charge is 0.494 e. The number of rotatable bonds is 9. The monoisotopic (exact) mass is 541 g/mol. The molecule has 2 aliphatic rings. The molecular weight excluding hydrogens is 510 g/mol. The van der Waals surface area contributed by atoms with E-state index in [4.69, 9.17) is 16.3 Å². The van der Waals surface area contributed by atoms with E-state index < -0.39 is 9.84 Å². The van der Waals surface area contributed by atoms with Gasteiger partial charge in [0, 0.05) is 43.2 Å².